The van der Waals surface area contributed by atoms with Crippen molar-refractivity contribution in [2.75, 3.05) is 40.3 Å². The summed E-state index contributed by atoms with van der Waals surface area (Å²) in [5, 5.41) is 3.10. The van der Waals surface area contributed by atoms with Crippen LogP contribution >= 0.6 is 0 Å². The molecule has 0 saturated carbocycles. The van der Waals surface area contributed by atoms with Crippen LogP contribution in [0.15, 0.2) is 16.8 Å². The number of hydrogen-bond acceptors (Lipinski definition) is 4. The number of piperidine rings is 1. The minimum atomic E-state index is 0.906. The first-order valence-electron chi connectivity index (χ1n) is 6.56. The van der Waals surface area contributed by atoms with Gasteiger partial charge in [0.15, 0.2) is 5.96 Å². The molecule has 0 unspecified atom stereocenters. The van der Waals surface area contributed by atoms with Crippen molar-refractivity contribution in [3.05, 3.63) is 11.8 Å². The highest BCUT2D eigenvalue weighted by molar-refractivity contribution is 5.81. The van der Waals surface area contributed by atoms with E-state index < -0.39 is 0 Å². The molecule has 1 saturated heterocycles. The first-order chi connectivity index (χ1) is 8.19. The summed E-state index contributed by atoms with van der Waals surface area (Å²) in [5.41, 5.74) is 1.42. The largest absolute Gasteiger partial charge is 0.359 e. The molecule has 0 aromatic heterocycles. The summed E-state index contributed by atoms with van der Waals surface area (Å²) in [6, 6.07) is 0. The quantitative estimate of drug-likeness (QED) is 0.779. The maximum Gasteiger partial charge on any atom is 0.198 e. The lowest BCUT2D eigenvalue weighted by Crippen LogP contribution is -2.42. The van der Waals surface area contributed by atoms with E-state index >= 15 is 0 Å². The number of aliphatic imine (C=N–C) groups is 1. The van der Waals surface area contributed by atoms with Crippen molar-refractivity contribution in [1.82, 2.24) is 15.1 Å². The molecule has 0 aromatic rings. The van der Waals surface area contributed by atoms with Crippen LogP contribution in [0.4, 0.5) is 0 Å². The number of likely N-dealkylation sites (tertiary alicyclic amines) is 1. The lowest BCUT2D eigenvalue weighted by Gasteiger charge is -2.33. The summed E-state index contributed by atoms with van der Waals surface area (Å²) < 4.78 is 0. The van der Waals surface area contributed by atoms with E-state index in [9.17, 15) is 0 Å². The zero-order valence-corrected chi connectivity index (χ0v) is 11.2. The second-order valence-corrected chi connectivity index (χ2v) is 5.30. The van der Waals surface area contributed by atoms with Gasteiger partial charge in [0.1, 0.15) is 0 Å². The molecule has 1 fully saturated rings. The topological polar surface area (TPSA) is 30.9 Å². The molecule has 2 heterocycles. The highest BCUT2D eigenvalue weighted by atomic mass is 15.3. The fourth-order valence-electron chi connectivity index (χ4n) is 2.52. The van der Waals surface area contributed by atoms with Crippen LogP contribution in [0.1, 0.15) is 19.8 Å². The second kappa shape index (κ2) is 5.54. The fraction of sp³-hybridized carbons (Fsp3) is 0.769. The monoisotopic (exact) mass is 236 g/mol. The van der Waals surface area contributed by atoms with Gasteiger partial charge in [0.25, 0.3) is 0 Å². The van der Waals surface area contributed by atoms with Crippen LogP contribution in [0.25, 0.3) is 0 Å². The van der Waals surface area contributed by atoms with Crippen molar-refractivity contribution in [2.24, 2.45) is 10.9 Å². The Morgan fingerprint density at radius 1 is 1.41 bits per heavy atom. The molecule has 0 bridgehead atoms. The van der Waals surface area contributed by atoms with E-state index in [1.807, 2.05) is 13.2 Å². The average molecular weight is 236 g/mol. The molecule has 2 aliphatic rings. The third-order valence-corrected chi connectivity index (χ3v) is 3.70. The van der Waals surface area contributed by atoms with E-state index in [2.05, 4.69) is 34.1 Å². The Kier molecular flexibility index (Phi) is 4.05. The number of nitrogens with zero attached hydrogens (tertiary/aromatic N) is 3. The summed E-state index contributed by atoms with van der Waals surface area (Å²) in [6.45, 7) is 6.91. The van der Waals surface area contributed by atoms with Crippen LogP contribution < -0.4 is 5.32 Å². The van der Waals surface area contributed by atoms with Gasteiger partial charge in [0.05, 0.1) is 0 Å². The minimum Gasteiger partial charge on any atom is -0.359 e. The van der Waals surface area contributed by atoms with Gasteiger partial charge in [-0.15, -0.1) is 0 Å². The number of nitrogens with one attached hydrogen (secondary N) is 1. The SMILES string of the molecule is CNC1=NC=C(CN2CCC(C)CC2)CN1C. The molecular weight excluding hydrogens is 212 g/mol. The molecule has 4 nitrogen and oxygen atoms in total. The zero-order valence-electron chi connectivity index (χ0n) is 11.2. The minimum absolute atomic E-state index is 0.906. The van der Waals surface area contributed by atoms with Gasteiger partial charge in [-0.05, 0) is 37.4 Å². The molecule has 0 spiro atoms. The molecule has 0 amide bonds. The number of hydrogen-bond donors (Lipinski definition) is 1. The van der Waals surface area contributed by atoms with Gasteiger partial charge in [-0.2, -0.15) is 0 Å². The first kappa shape index (κ1) is 12.4. The van der Waals surface area contributed by atoms with E-state index in [0.29, 0.717) is 0 Å². The lowest BCUT2D eigenvalue weighted by atomic mass is 9.99. The first-order valence-corrected chi connectivity index (χ1v) is 6.56. The van der Waals surface area contributed by atoms with Gasteiger partial charge in [0, 0.05) is 33.4 Å². The molecule has 0 radical (unpaired) electrons. The maximum absolute atomic E-state index is 4.43. The number of guanidine groups is 1. The summed E-state index contributed by atoms with van der Waals surface area (Å²) in [4.78, 5) is 9.16. The third kappa shape index (κ3) is 3.22. The van der Waals surface area contributed by atoms with Crippen LogP contribution in [0.3, 0.4) is 0 Å². The molecule has 4 heteroatoms. The van der Waals surface area contributed by atoms with Crippen molar-refractivity contribution >= 4 is 5.96 Å². The molecule has 0 atom stereocenters. The summed E-state index contributed by atoms with van der Waals surface area (Å²) >= 11 is 0. The van der Waals surface area contributed by atoms with E-state index in [1.165, 1.54) is 31.5 Å². The van der Waals surface area contributed by atoms with Crippen molar-refractivity contribution < 1.29 is 0 Å². The Balaban J connectivity index is 1.88. The second-order valence-electron chi connectivity index (χ2n) is 5.30. The van der Waals surface area contributed by atoms with Crippen LogP contribution in [0, 0.1) is 5.92 Å². The van der Waals surface area contributed by atoms with E-state index in [1.54, 1.807) is 0 Å². The van der Waals surface area contributed by atoms with Crippen LogP contribution in [0.2, 0.25) is 0 Å². The highest BCUT2D eigenvalue weighted by Gasteiger charge is 2.18. The smallest absolute Gasteiger partial charge is 0.198 e. The fourth-order valence-corrected chi connectivity index (χ4v) is 2.52. The van der Waals surface area contributed by atoms with Gasteiger partial charge in [-0.1, -0.05) is 6.92 Å². The summed E-state index contributed by atoms with van der Waals surface area (Å²) in [6.07, 6.45) is 4.71. The van der Waals surface area contributed by atoms with Gasteiger partial charge in [-0.3, -0.25) is 4.90 Å². The molecule has 0 aliphatic carbocycles. The van der Waals surface area contributed by atoms with Crippen molar-refractivity contribution in [2.45, 2.75) is 19.8 Å². The van der Waals surface area contributed by atoms with E-state index in [0.717, 1.165) is 25.0 Å². The van der Waals surface area contributed by atoms with Gasteiger partial charge < -0.3 is 10.2 Å². The highest BCUT2D eigenvalue weighted by Crippen LogP contribution is 2.17. The zero-order chi connectivity index (χ0) is 12.3. The van der Waals surface area contributed by atoms with Gasteiger partial charge >= 0.3 is 0 Å². The van der Waals surface area contributed by atoms with Gasteiger partial charge in [0.2, 0.25) is 0 Å². The molecule has 17 heavy (non-hydrogen) atoms. The Labute approximate surface area is 104 Å². The third-order valence-electron chi connectivity index (χ3n) is 3.70. The predicted molar refractivity (Wildman–Crippen MR) is 72.0 cm³/mol. The van der Waals surface area contributed by atoms with Crippen molar-refractivity contribution in [3.8, 4) is 0 Å². The normalized spacial score (nSPS) is 23.4. The van der Waals surface area contributed by atoms with Crippen molar-refractivity contribution in [3.63, 3.8) is 0 Å². The van der Waals surface area contributed by atoms with Crippen LogP contribution in [0.5, 0.6) is 0 Å². The predicted octanol–water partition coefficient (Wildman–Crippen LogP) is 1.12. The van der Waals surface area contributed by atoms with Crippen LogP contribution in [-0.4, -0.2) is 56.0 Å². The number of rotatable bonds is 2. The summed E-state index contributed by atoms with van der Waals surface area (Å²) in [5.74, 6) is 1.86. The molecule has 0 aromatic carbocycles. The standard InChI is InChI=1S/C13H24N4/c1-11-4-6-17(7-5-11)10-12-8-15-13(14-2)16(3)9-12/h8,11H,4-7,9-10H2,1-3H3,(H,14,15). The van der Waals surface area contributed by atoms with Gasteiger partial charge in [-0.25, -0.2) is 4.99 Å². The molecule has 1 N–H and O–H groups in total. The Bertz CT molecular complexity index is 313. The van der Waals surface area contributed by atoms with Crippen LogP contribution in [-0.2, 0) is 0 Å². The molecular formula is C13H24N4. The Morgan fingerprint density at radius 3 is 2.71 bits per heavy atom. The Hall–Kier alpha value is -1.03. The maximum atomic E-state index is 4.43. The average Bonchev–Trinajstić information content (AvgIpc) is 2.32. The summed E-state index contributed by atoms with van der Waals surface area (Å²) in [7, 11) is 4.00. The lowest BCUT2D eigenvalue weighted by molar-refractivity contribution is 0.203. The molecule has 2 rings (SSSR count). The van der Waals surface area contributed by atoms with Crippen molar-refractivity contribution in [1.29, 1.82) is 0 Å². The molecule has 96 valence electrons. The Morgan fingerprint density at radius 2 is 2.12 bits per heavy atom. The van der Waals surface area contributed by atoms with E-state index in [4.69, 9.17) is 0 Å². The molecule has 2 aliphatic heterocycles. The van der Waals surface area contributed by atoms with E-state index in [-0.39, 0.29) is 0 Å². The number of likely N-dealkylation sites (N-methyl/N-ethyl adjacent to an activating group) is 1.